The molecule has 0 fully saturated rings. The number of carbonyl (C=O) groups is 1. The topological polar surface area (TPSA) is 26.3 Å². The van der Waals surface area contributed by atoms with Gasteiger partial charge in [-0.3, -0.25) is 4.79 Å². The minimum absolute atomic E-state index is 0.121. The lowest BCUT2D eigenvalue weighted by Crippen LogP contribution is -2.15. The van der Waals surface area contributed by atoms with Gasteiger partial charge in [0.2, 0.25) is 0 Å². The lowest BCUT2D eigenvalue weighted by molar-refractivity contribution is -0.140. The molecule has 0 unspecified atom stereocenters. The minimum atomic E-state index is -0.121. The fourth-order valence-corrected chi connectivity index (χ4v) is 3.01. The molecule has 0 aromatic heterocycles. The SMILES string of the molecule is COC(=O)CCC(C)(C)SSC. The van der Waals surface area contributed by atoms with Crippen LogP contribution >= 0.6 is 21.6 Å². The van der Waals surface area contributed by atoms with E-state index in [1.165, 1.54) is 7.11 Å². The van der Waals surface area contributed by atoms with Gasteiger partial charge in [-0.25, -0.2) is 0 Å². The Morgan fingerprint density at radius 1 is 1.50 bits per heavy atom. The van der Waals surface area contributed by atoms with Gasteiger partial charge in [0, 0.05) is 11.2 Å². The molecule has 0 heterocycles. The summed E-state index contributed by atoms with van der Waals surface area (Å²) in [6.45, 7) is 4.27. The summed E-state index contributed by atoms with van der Waals surface area (Å²) >= 11 is 0. The van der Waals surface area contributed by atoms with Crippen LogP contribution in [0.5, 0.6) is 0 Å². The summed E-state index contributed by atoms with van der Waals surface area (Å²) in [5.74, 6) is -0.121. The number of rotatable bonds is 5. The van der Waals surface area contributed by atoms with Gasteiger partial charge in [-0.1, -0.05) is 21.6 Å². The molecule has 2 nitrogen and oxygen atoms in total. The zero-order chi connectivity index (χ0) is 9.61. The maximum atomic E-state index is 10.8. The Hall–Kier alpha value is 0.170. The largest absolute Gasteiger partial charge is 0.469 e. The van der Waals surface area contributed by atoms with E-state index < -0.39 is 0 Å². The van der Waals surface area contributed by atoms with Crippen LogP contribution in [0.1, 0.15) is 26.7 Å². The Labute approximate surface area is 82.2 Å². The van der Waals surface area contributed by atoms with Crippen molar-refractivity contribution in [3.05, 3.63) is 0 Å². The monoisotopic (exact) mass is 208 g/mol. The molecular formula is C8H16O2S2. The molecular weight excluding hydrogens is 192 g/mol. The van der Waals surface area contributed by atoms with E-state index in [1.807, 2.05) is 6.26 Å². The fourth-order valence-electron chi connectivity index (χ4n) is 0.772. The third kappa shape index (κ3) is 5.77. The van der Waals surface area contributed by atoms with Gasteiger partial charge in [0.1, 0.15) is 0 Å². The van der Waals surface area contributed by atoms with Crippen molar-refractivity contribution in [3.8, 4) is 0 Å². The Morgan fingerprint density at radius 3 is 2.50 bits per heavy atom. The zero-order valence-corrected chi connectivity index (χ0v) is 9.68. The van der Waals surface area contributed by atoms with Crippen LogP contribution in [0.4, 0.5) is 0 Å². The Morgan fingerprint density at radius 2 is 2.08 bits per heavy atom. The first kappa shape index (κ1) is 12.2. The second-order valence-electron chi connectivity index (χ2n) is 3.09. The van der Waals surface area contributed by atoms with E-state index in [1.54, 1.807) is 21.6 Å². The zero-order valence-electron chi connectivity index (χ0n) is 8.05. The normalized spacial score (nSPS) is 11.3. The molecule has 0 rings (SSSR count). The second-order valence-corrected chi connectivity index (χ2v) is 6.19. The van der Waals surface area contributed by atoms with E-state index in [4.69, 9.17) is 0 Å². The third-order valence-corrected chi connectivity index (χ3v) is 4.14. The van der Waals surface area contributed by atoms with Crippen molar-refractivity contribution in [1.29, 1.82) is 0 Å². The smallest absolute Gasteiger partial charge is 0.305 e. The average Bonchev–Trinajstić information content (AvgIpc) is 2.00. The molecule has 0 aliphatic heterocycles. The summed E-state index contributed by atoms with van der Waals surface area (Å²) in [5.41, 5.74) is 0. The third-order valence-electron chi connectivity index (χ3n) is 1.47. The van der Waals surface area contributed by atoms with Gasteiger partial charge in [0.05, 0.1) is 7.11 Å². The maximum Gasteiger partial charge on any atom is 0.305 e. The molecule has 72 valence electrons. The highest BCUT2D eigenvalue weighted by Gasteiger charge is 2.19. The van der Waals surface area contributed by atoms with Crippen molar-refractivity contribution >= 4 is 27.6 Å². The van der Waals surface area contributed by atoms with Crippen LogP contribution in [0, 0.1) is 0 Å². The molecule has 12 heavy (non-hydrogen) atoms. The van der Waals surface area contributed by atoms with E-state index in [2.05, 4.69) is 18.6 Å². The number of ether oxygens (including phenoxy) is 1. The van der Waals surface area contributed by atoms with Crippen molar-refractivity contribution in [1.82, 2.24) is 0 Å². The van der Waals surface area contributed by atoms with E-state index in [9.17, 15) is 4.79 Å². The summed E-state index contributed by atoms with van der Waals surface area (Å²) < 4.78 is 4.73. The fraction of sp³-hybridized carbons (Fsp3) is 0.875. The van der Waals surface area contributed by atoms with E-state index in [0.29, 0.717) is 6.42 Å². The van der Waals surface area contributed by atoms with Crippen LogP contribution < -0.4 is 0 Å². The number of esters is 1. The first-order valence-corrected chi connectivity index (χ1v) is 6.36. The van der Waals surface area contributed by atoms with Crippen LogP contribution in [-0.2, 0) is 9.53 Å². The predicted molar refractivity (Wildman–Crippen MR) is 56.4 cm³/mol. The Kier molecular flexibility index (Phi) is 5.84. The van der Waals surface area contributed by atoms with Crippen LogP contribution in [0.2, 0.25) is 0 Å². The minimum Gasteiger partial charge on any atom is -0.469 e. The van der Waals surface area contributed by atoms with Crippen molar-refractivity contribution in [2.24, 2.45) is 0 Å². The quantitative estimate of drug-likeness (QED) is 0.512. The molecule has 0 aliphatic rings. The second kappa shape index (κ2) is 5.75. The van der Waals surface area contributed by atoms with Crippen molar-refractivity contribution in [3.63, 3.8) is 0 Å². The Bertz CT molecular complexity index is 146. The van der Waals surface area contributed by atoms with Crippen LogP contribution in [0.3, 0.4) is 0 Å². The van der Waals surface area contributed by atoms with Crippen molar-refractivity contribution < 1.29 is 9.53 Å². The Balaban J connectivity index is 3.67. The van der Waals surface area contributed by atoms with Crippen molar-refractivity contribution in [2.45, 2.75) is 31.4 Å². The molecule has 4 heteroatoms. The van der Waals surface area contributed by atoms with Gasteiger partial charge in [-0.05, 0) is 26.5 Å². The molecule has 0 saturated carbocycles. The maximum absolute atomic E-state index is 10.8. The molecule has 0 amide bonds. The van der Waals surface area contributed by atoms with Gasteiger partial charge in [0.15, 0.2) is 0 Å². The first-order chi connectivity index (χ1) is 5.52. The number of carbonyl (C=O) groups excluding carboxylic acids is 1. The lowest BCUT2D eigenvalue weighted by Gasteiger charge is -2.21. The van der Waals surface area contributed by atoms with Gasteiger partial charge in [-0.2, -0.15) is 0 Å². The summed E-state index contributed by atoms with van der Waals surface area (Å²) in [7, 11) is 4.95. The number of hydrogen-bond donors (Lipinski definition) is 0. The molecule has 0 bridgehead atoms. The number of hydrogen-bond acceptors (Lipinski definition) is 4. The molecule has 0 atom stereocenters. The highest BCUT2D eigenvalue weighted by molar-refractivity contribution is 8.76. The summed E-state index contributed by atoms with van der Waals surface area (Å²) in [6.07, 6.45) is 3.42. The molecule has 0 aromatic carbocycles. The highest BCUT2D eigenvalue weighted by atomic mass is 33.1. The van der Waals surface area contributed by atoms with Crippen LogP contribution in [-0.4, -0.2) is 24.1 Å². The lowest BCUT2D eigenvalue weighted by atomic mass is 10.1. The van der Waals surface area contributed by atoms with E-state index in [-0.39, 0.29) is 10.7 Å². The molecule has 0 spiro atoms. The molecule has 0 radical (unpaired) electrons. The van der Waals surface area contributed by atoms with Crippen molar-refractivity contribution in [2.75, 3.05) is 13.4 Å². The standard InChI is InChI=1S/C8H16O2S2/c1-8(2,12-11-4)6-5-7(9)10-3/h5-6H2,1-4H3. The molecule has 0 aromatic rings. The highest BCUT2D eigenvalue weighted by Crippen LogP contribution is 2.36. The van der Waals surface area contributed by atoms with E-state index >= 15 is 0 Å². The van der Waals surface area contributed by atoms with Crippen LogP contribution in [0.25, 0.3) is 0 Å². The summed E-state index contributed by atoms with van der Waals surface area (Å²) in [4.78, 5) is 10.8. The van der Waals surface area contributed by atoms with E-state index in [0.717, 1.165) is 6.42 Å². The molecule has 0 saturated heterocycles. The summed E-state index contributed by atoms with van der Waals surface area (Å²) in [6, 6.07) is 0. The summed E-state index contributed by atoms with van der Waals surface area (Å²) in [5, 5.41) is 0. The molecule has 0 N–H and O–H groups in total. The average molecular weight is 208 g/mol. The van der Waals surface area contributed by atoms with Crippen LogP contribution in [0.15, 0.2) is 0 Å². The molecule has 0 aliphatic carbocycles. The van der Waals surface area contributed by atoms with Gasteiger partial charge in [-0.15, -0.1) is 0 Å². The number of methoxy groups -OCH3 is 1. The van der Waals surface area contributed by atoms with Gasteiger partial charge >= 0.3 is 5.97 Å². The predicted octanol–water partition coefficient (Wildman–Crippen LogP) is 2.73. The van der Waals surface area contributed by atoms with Gasteiger partial charge in [0.25, 0.3) is 0 Å². The first-order valence-electron chi connectivity index (χ1n) is 3.80. The van der Waals surface area contributed by atoms with Gasteiger partial charge < -0.3 is 4.74 Å².